The highest BCUT2D eigenvalue weighted by Gasteiger charge is 1.81. The van der Waals surface area contributed by atoms with Gasteiger partial charge in [-0.15, -0.1) is 0 Å². The molecule has 0 spiro atoms. The van der Waals surface area contributed by atoms with Crippen LogP contribution in [0.3, 0.4) is 0 Å². The normalized spacial score (nSPS) is 33.2. The first-order chi connectivity index (χ1) is 4.39. The smallest absolute Gasteiger partial charge is 0.123 e. The maximum absolute atomic E-state index is 12.3. The van der Waals surface area contributed by atoms with Crippen molar-refractivity contribution in [3.63, 3.8) is 0 Å². The lowest BCUT2D eigenvalue weighted by molar-refractivity contribution is 0.667. The summed E-state index contributed by atoms with van der Waals surface area (Å²) < 4.78 is 12.3. The number of rotatable bonds is 0. The van der Waals surface area contributed by atoms with E-state index in [-0.39, 0.29) is 5.83 Å². The summed E-state index contributed by atoms with van der Waals surface area (Å²) in [6, 6.07) is 0. The van der Waals surface area contributed by atoms with Crippen molar-refractivity contribution in [2.45, 2.75) is 0 Å². The molecule has 0 bridgehead atoms. The van der Waals surface area contributed by atoms with Crippen LogP contribution in [0, 0.1) is 0 Å². The molecule has 0 saturated carbocycles. The third kappa shape index (κ3) is 2.08. The summed E-state index contributed by atoms with van der Waals surface area (Å²) >= 11 is 0. The average molecular weight is 122 g/mol. The molecule has 0 fully saturated rings. The molecule has 0 unspecified atom stereocenters. The van der Waals surface area contributed by atoms with Crippen molar-refractivity contribution in [1.29, 1.82) is 0 Å². The van der Waals surface area contributed by atoms with Crippen molar-refractivity contribution in [3.8, 4) is 0 Å². The minimum atomic E-state index is -0.212. The fourth-order valence-electron chi connectivity index (χ4n) is 0.543. The summed E-state index contributed by atoms with van der Waals surface area (Å²) in [5.41, 5.74) is 0. The highest BCUT2D eigenvalue weighted by molar-refractivity contribution is 5.26. The molecule has 0 saturated heterocycles. The van der Waals surface area contributed by atoms with Gasteiger partial charge in [0.25, 0.3) is 0 Å². The zero-order chi connectivity index (χ0) is 6.53. The first-order valence-electron chi connectivity index (χ1n) is 2.77. The third-order valence-corrected chi connectivity index (χ3v) is 0.955. The van der Waals surface area contributed by atoms with Crippen LogP contribution in [0.4, 0.5) is 4.39 Å². The Balaban J connectivity index is 2.77. The number of hydrogen-bond acceptors (Lipinski definition) is 0. The zero-order valence-corrected chi connectivity index (χ0v) is 4.92. The van der Waals surface area contributed by atoms with Gasteiger partial charge in [0, 0.05) is 0 Å². The van der Waals surface area contributed by atoms with E-state index in [0.717, 1.165) is 0 Å². The molecular formula is C8H7F. The monoisotopic (exact) mass is 122 g/mol. The van der Waals surface area contributed by atoms with Crippen molar-refractivity contribution < 1.29 is 4.39 Å². The second-order valence-corrected chi connectivity index (χ2v) is 1.68. The van der Waals surface area contributed by atoms with Crippen molar-refractivity contribution in [3.05, 3.63) is 48.4 Å². The minimum absolute atomic E-state index is 0.212. The summed E-state index contributed by atoms with van der Waals surface area (Å²) in [5.74, 6) is -0.212. The lowest BCUT2D eigenvalue weighted by Crippen LogP contribution is -1.64. The summed E-state index contributed by atoms with van der Waals surface area (Å²) in [5, 5.41) is 0. The molecular weight excluding hydrogens is 115 g/mol. The van der Waals surface area contributed by atoms with E-state index in [9.17, 15) is 4.39 Å². The Kier molecular flexibility index (Phi) is 2.02. The lowest BCUT2D eigenvalue weighted by atomic mass is 10.3. The molecule has 1 aliphatic carbocycles. The summed E-state index contributed by atoms with van der Waals surface area (Å²) in [7, 11) is 0. The molecule has 0 N–H and O–H groups in total. The van der Waals surface area contributed by atoms with Gasteiger partial charge in [-0.2, -0.15) is 0 Å². The summed E-state index contributed by atoms with van der Waals surface area (Å²) in [4.78, 5) is 0. The molecule has 0 nitrogen and oxygen atoms in total. The fraction of sp³-hybridized carbons (Fsp3) is 0. The molecule has 9 heavy (non-hydrogen) atoms. The molecule has 0 amide bonds. The van der Waals surface area contributed by atoms with Gasteiger partial charge in [0.15, 0.2) is 0 Å². The number of allylic oxidation sites excluding steroid dienone is 8. The number of halogens is 1. The van der Waals surface area contributed by atoms with Gasteiger partial charge in [0.1, 0.15) is 5.83 Å². The minimum Gasteiger partial charge on any atom is -0.207 e. The van der Waals surface area contributed by atoms with Gasteiger partial charge in [-0.1, -0.05) is 30.4 Å². The molecule has 0 aromatic carbocycles. The van der Waals surface area contributed by atoms with Crippen LogP contribution in [0.1, 0.15) is 0 Å². The third-order valence-electron chi connectivity index (χ3n) is 0.955. The summed E-state index contributed by atoms with van der Waals surface area (Å²) in [6.07, 6.45) is 11.6. The quantitative estimate of drug-likeness (QED) is 0.463. The van der Waals surface area contributed by atoms with E-state index in [1.807, 2.05) is 6.08 Å². The Hall–Kier alpha value is -1.11. The van der Waals surface area contributed by atoms with Crippen LogP contribution in [0.25, 0.3) is 0 Å². The molecule has 0 atom stereocenters. The Morgan fingerprint density at radius 3 is 2.44 bits per heavy atom. The Morgan fingerprint density at radius 2 is 1.56 bits per heavy atom. The van der Waals surface area contributed by atoms with E-state index in [0.29, 0.717) is 0 Å². The second-order valence-electron chi connectivity index (χ2n) is 1.68. The molecule has 1 rings (SSSR count). The SMILES string of the molecule is FC1=C/C=C\C=C/C=C\1. The Labute approximate surface area is 53.7 Å². The summed E-state index contributed by atoms with van der Waals surface area (Å²) in [6.45, 7) is 0. The largest absolute Gasteiger partial charge is 0.207 e. The maximum Gasteiger partial charge on any atom is 0.123 e. The van der Waals surface area contributed by atoms with Crippen LogP contribution in [0.15, 0.2) is 48.4 Å². The van der Waals surface area contributed by atoms with E-state index < -0.39 is 0 Å². The van der Waals surface area contributed by atoms with E-state index in [4.69, 9.17) is 0 Å². The van der Waals surface area contributed by atoms with Crippen LogP contribution in [-0.4, -0.2) is 0 Å². The Bertz CT molecular complexity index is 195. The van der Waals surface area contributed by atoms with E-state index in [2.05, 4.69) is 0 Å². The molecule has 46 valence electrons. The van der Waals surface area contributed by atoms with Gasteiger partial charge in [-0.05, 0) is 12.2 Å². The first-order valence-corrected chi connectivity index (χ1v) is 2.77. The number of hydrogen-bond donors (Lipinski definition) is 0. The highest BCUT2D eigenvalue weighted by Crippen LogP contribution is 2.00. The van der Waals surface area contributed by atoms with Crippen LogP contribution < -0.4 is 0 Å². The highest BCUT2D eigenvalue weighted by atomic mass is 19.1. The van der Waals surface area contributed by atoms with Crippen LogP contribution in [-0.2, 0) is 0 Å². The van der Waals surface area contributed by atoms with Gasteiger partial charge in [0.2, 0.25) is 0 Å². The molecule has 1 heteroatoms. The second kappa shape index (κ2) is 3.02. The zero-order valence-electron chi connectivity index (χ0n) is 4.92. The average Bonchev–Trinajstić information content (AvgIpc) is 1.79. The molecule has 1 aliphatic rings. The maximum atomic E-state index is 12.3. The van der Waals surface area contributed by atoms with Crippen LogP contribution in [0.2, 0.25) is 0 Å². The van der Waals surface area contributed by atoms with Crippen molar-refractivity contribution in [2.75, 3.05) is 0 Å². The van der Waals surface area contributed by atoms with E-state index in [1.165, 1.54) is 12.2 Å². The fourth-order valence-corrected chi connectivity index (χ4v) is 0.543. The molecule has 0 aliphatic heterocycles. The topological polar surface area (TPSA) is 0 Å². The predicted molar refractivity (Wildman–Crippen MR) is 36.6 cm³/mol. The van der Waals surface area contributed by atoms with E-state index in [1.54, 1.807) is 24.3 Å². The molecule has 0 heterocycles. The first kappa shape index (κ1) is 6.02. The van der Waals surface area contributed by atoms with Gasteiger partial charge < -0.3 is 0 Å². The van der Waals surface area contributed by atoms with E-state index >= 15 is 0 Å². The van der Waals surface area contributed by atoms with Crippen molar-refractivity contribution >= 4 is 0 Å². The molecule has 0 radical (unpaired) electrons. The van der Waals surface area contributed by atoms with Crippen molar-refractivity contribution in [1.82, 2.24) is 0 Å². The van der Waals surface area contributed by atoms with Crippen molar-refractivity contribution in [2.24, 2.45) is 0 Å². The van der Waals surface area contributed by atoms with Crippen LogP contribution >= 0.6 is 0 Å². The Morgan fingerprint density at radius 1 is 0.889 bits per heavy atom. The molecule has 0 aromatic heterocycles. The predicted octanol–water partition coefficient (Wildman–Crippen LogP) is 2.52. The van der Waals surface area contributed by atoms with Gasteiger partial charge in [-0.25, -0.2) is 4.39 Å². The lowest BCUT2D eigenvalue weighted by Gasteiger charge is -1.83. The van der Waals surface area contributed by atoms with Gasteiger partial charge in [-0.3, -0.25) is 0 Å². The van der Waals surface area contributed by atoms with Gasteiger partial charge in [0.05, 0.1) is 0 Å². The van der Waals surface area contributed by atoms with Crippen LogP contribution in [0.5, 0.6) is 0 Å². The standard InChI is InChI=1S/C8H7F/c9-8-6-4-2-1-3-5-7-8/h1-7H/b2-1-,3-1?,4-2?,5-3-,6-4-,7-5?,8-6?,8-7+. The molecule has 0 aromatic rings. The van der Waals surface area contributed by atoms with Gasteiger partial charge >= 0.3 is 0 Å².